The Balaban J connectivity index is 0.00000380. The average molecular weight is 619 g/mol. The van der Waals surface area contributed by atoms with Crippen LogP contribution in [0.3, 0.4) is 0 Å². The Morgan fingerprint density at radius 3 is 2.20 bits per heavy atom. The van der Waals surface area contributed by atoms with Gasteiger partial charge in [-0.2, -0.15) is 40.5 Å². The van der Waals surface area contributed by atoms with E-state index in [1.54, 1.807) is 12.0 Å². The van der Waals surface area contributed by atoms with Crippen molar-refractivity contribution in [2.24, 2.45) is 5.41 Å². The van der Waals surface area contributed by atoms with Crippen LogP contribution < -0.4 is 10.2 Å². The summed E-state index contributed by atoms with van der Waals surface area (Å²) in [5.74, 6) is -0.686. The topological polar surface area (TPSA) is 91.4 Å². The second kappa shape index (κ2) is 16.3. The zero-order valence-electron chi connectivity index (χ0n) is 23.7. The van der Waals surface area contributed by atoms with E-state index in [-0.39, 0.29) is 90.2 Å². The largest absolute Gasteiger partial charge is 0.377 e. The number of likely N-dealkylation sites (N-methyl/N-ethyl adjacent to an activating group) is 1. The Hall–Kier alpha value is -1.44. The summed E-state index contributed by atoms with van der Waals surface area (Å²) in [6.45, 7) is 13.6. The van der Waals surface area contributed by atoms with Gasteiger partial charge in [-0.3, -0.25) is 14.4 Å². The fraction of sp³-hybridized carbons (Fsp3) is 0.679. The molecule has 2 amide bonds. The molecule has 0 spiro atoms. The second-order valence-corrected chi connectivity index (χ2v) is 11.2. The molecule has 0 unspecified atom stereocenters. The Kier molecular flexibility index (Phi) is 15.7. The molecule has 9 nitrogen and oxygen atoms in total. The number of likely N-dealkylation sites (tertiary alicyclic amines) is 1. The highest BCUT2D eigenvalue weighted by Crippen LogP contribution is 2.31. The molecule has 0 bridgehead atoms. The van der Waals surface area contributed by atoms with E-state index in [4.69, 9.17) is 9.47 Å². The molecule has 12 heteroatoms. The maximum Gasteiger partial charge on any atom is 0.251 e. The molecule has 230 valence electrons. The summed E-state index contributed by atoms with van der Waals surface area (Å²) in [5.41, 5.74) is 1.39. The van der Waals surface area contributed by atoms with Crippen molar-refractivity contribution in [1.29, 1.82) is 0 Å². The molecule has 0 aromatic heterocycles. The number of benzene rings is 1. The van der Waals surface area contributed by atoms with E-state index >= 15 is 0 Å². The van der Waals surface area contributed by atoms with Gasteiger partial charge in [-0.15, -0.1) is 0 Å². The first-order chi connectivity index (χ1) is 17.1. The number of carbonyl (C=O) groups is 3. The van der Waals surface area contributed by atoms with Crippen molar-refractivity contribution < 1.29 is 23.9 Å². The van der Waals surface area contributed by atoms with Crippen molar-refractivity contribution in [3.8, 4) is 0 Å². The summed E-state index contributed by atoms with van der Waals surface area (Å²) in [6.07, 6.45) is -0.370. The lowest BCUT2D eigenvalue weighted by atomic mass is 9.87. The van der Waals surface area contributed by atoms with Gasteiger partial charge < -0.3 is 29.5 Å². The van der Waals surface area contributed by atoms with E-state index < -0.39 is 18.2 Å². The number of carbonyl (C=O) groups excluding carboxylic acids is 3. The first-order valence-corrected chi connectivity index (χ1v) is 13.0. The van der Waals surface area contributed by atoms with Crippen molar-refractivity contribution in [3.05, 3.63) is 29.8 Å². The number of Topliss-reactive ketones (excluding diaryl/α,β-unsaturated/α-hetero) is 1. The van der Waals surface area contributed by atoms with Gasteiger partial charge in [-0.25, -0.2) is 0 Å². The molecule has 4 rings (SSSR count). The molecule has 3 heterocycles. The van der Waals surface area contributed by atoms with E-state index in [1.807, 2.05) is 45.0 Å². The van der Waals surface area contributed by atoms with E-state index in [0.717, 1.165) is 38.4 Å². The number of methoxy groups -OCH3 is 1. The molecule has 1 N–H and O–H groups in total. The maximum absolute atomic E-state index is 13.7. The van der Waals surface area contributed by atoms with Crippen LogP contribution >= 0.6 is 40.5 Å². The third-order valence-corrected chi connectivity index (χ3v) is 7.46. The minimum absolute atomic E-state index is 0. The van der Waals surface area contributed by atoms with Gasteiger partial charge in [0.05, 0.1) is 6.54 Å². The van der Waals surface area contributed by atoms with Crippen LogP contribution in [0, 0.1) is 5.41 Å². The predicted octanol–water partition coefficient (Wildman–Crippen LogP) is 2.53. The molecule has 3 saturated heterocycles. The quantitative estimate of drug-likeness (QED) is 0.502. The zero-order chi connectivity index (χ0) is 26.0. The average Bonchev–Trinajstić information content (AvgIpc) is 3.43. The Morgan fingerprint density at radius 2 is 1.68 bits per heavy atom. The number of hydrogen-bond donors (Lipinski definition) is 1. The number of anilines is 1. The predicted molar refractivity (Wildman–Crippen MR) is 175 cm³/mol. The monoisotopic (exact) mass is 618 g/mol. The molecule has 0 saturated carbocycles. The van der Waals surface area contributed by atoms with E-state index in [0.29, 0.717) is 12.0 Å². The molecule has 3 aliphatic rings. The number of nitrogens with one attached hydrogen (secondary N) is 1. The van der Waals surface area contributed by atoms with E-state index in [1.165, 1.54) is 0 Å². The number of ketones is 1. The minimum Gasteiger partial charge on any atom is -0.377 e. The molecule has 40 heavy (non-hydrogen) atoms. The SMILES string of the molecule is C.CCN1CCN(c2ccc(C(=O)N[C@@H](CC(C)(C)C)C(=O)N3C[C@@H](OC)[C@H]4OCC(=O)[C@H]43)cc2)CC1.S.S.S. The van der Waals surface area contributed by atoms with Crippen molar-refractivity contribution in [1.82, 2.24) is 15.1 Å². The van der Waals surface area contributed by atoms with Crippen molar-refractivity contribution >= 4 is 63.8 Å². The Labute approximate surface area is 261 Å². The number of fused-ring (bicyclic) bond motifs is 1. The number of rotatable bonds is 7. The highest BCUT2D eigenvalue weighted by Gasteiger charge is 2.53. The van der Waals surface area contributed by atoms with Crippen LogP contribution in [0.4, 0.5) is 5.69 Å². The van der Waals surface area contributed by atoms with Crippen molar-refractivity contribution in [3.63, 3.8) is 0 Å². The highest BCUT2D eigenvalue weighted by molar-refractivity contribution is 7.59. The molecular weight excluding hydrogens is 569 g/mol. The van der Waals surface area contributed by atoms with Gasteiger partial charge in [0.2, 0.25) is 5.91 Å². The smallest absolute Gasteiger partial charge is 0.251 e. The first-order valence-electron chi connectivity index (χ1n) is 13.0. The third kappa shape index (κ3) is 8.78. The lowest BCUT2D eigenvalue weighted by Gasteiger charge is -2.35. The number of nitrogens with zero attached hydrogens (tertiary/aromatic N) is 3. The maximum atomic E-state index is 13.7. The summed E-state index contributed by atoms with van der Waals surface area (Å²) in [6, 6.07) is 6.16. The molecule has 0 aliphatic carbocycles. The molecule has 0 radical (unpaired) electrons. The van der Waals surface area contributed by atoms with Gasteiger partial charge in [-0.05, 0) is 42.6 Å². The molecule has 3 aliphatic heterocycles. The van der Waals surface area contributed by atoms with Crippen LogP contribution in [0.5, 0.6) is 0 Å². The van der Waals surface area contributed by atoms with Gasteiger partial charge in [0.15, 0.2) is 5.78 Å². The van der Waals surface area contributed by atoms with Crippen LogP contribution in [-0.4, -0.2) is 105 Å². The lowest BCUT2D eigenvalue weighted by Crippen LogP contribution is -2.53. The first kappa shape index (κ1) is 38.6. The summed E-state index contributed by atoms with van der Waals surface area (Å²) >= 11 is 0. The minimum atomic E-state index is -0.760. The molecule has 4 atom stereocenters. The van der Waals surface area contributed by atoms with Gasteiger partial charge in [0, 0.05) is 44.5 Å². The van der Waals surface area contributed by atoms with Gasteiger partial charge in [0.1, 0.15) is 30.9 Å². The second-order valence-electron chi connectivity index (χ2n) is 11.2. The number of hydrogen-bond acceptors (Lipinski definition) is 7. The summed E-state index contributed by atoms with van der Waals surface area (Å²) in [5, 5.41) is 2.96. The number of amides is 2. The van der Waals surface area contributed by atoms with Crippen LogP contribution in [0.2, 0.25) is 0 Å². The fourth-order valence-corrected chi connectivity index (χ4v) is 5.45. The Bertz CT molecular complexity index is 968. The zero-order valence-corrected chi connectivity index (χ0v) is 26.7. The van der Waals surface area contributed by atoms with Crippen molar-refractivity contribution in [2.75, 3.05) is 57.9 Å². The standard InChI is InChI=1S/C27H40N4O5.CH4.3H2S/c1-6-29-11-13-30(14-12-29)19-9-7-18(8-10-19)25(33)28-20(15-27(2,3)4)26(34)31-16-22(35-5)24-23(31)21(32)17-36-24;;;;/h7-10,20,22-24H,6,11-17H2,1-5H3,(H,28,33);1H4;3*1H2/t20-,22+,23+,24+;;;;/m0..../s1. The van der Waals surface area contributed by atoms with Crippen LogP contribution in [-0.2, 0) is 19.1 Å². The number of ether oxygens (including phenoxy) is 2. The van der Waals surface area contributed by atoms with Gasteiger partial charge in [-0.1, -0.05) is 35.1 Å². The molecule has 1 aromatic rings. The fourth-order valence-electron chi connectivity index (χ4n) is 5.45. The summed E-state index contributed by atoms with van der Waals surface area (Å²) < 4.78 is 11.1. The van der Waals surface area contributed by atoms with Crippen LogP contribution in [0.25, 0.3) is 0 Å². The molecular formula is C28H50N4O5S3. The third-order valence-electron chi connectivity index (χ3n) is 7.46. The van der Waals surface area contributed by atoms with Crippen LogP contribution in [0.1, 0.15) is 51.9 Å². The normalized spacial score (nSPS) is 23.1. The molecule has 3 fully saturated rings. The van der Waals surface area contributed by atoms with Gasteiger partial charge in [0.25, 0.3) is 5.91 Å². The van der Waals surface area contributed by atoms with Crippen molar-refractivity contribution in [2.45, 2.75) is 65.8 Å². The van der Waals surface area contributed by atoms with Crippen LogP contribution in [0.15, 0.2) is 24.3 Å². The summed E-state index contributed by atoms with van der Waals surface area (Å²) in [7, 11) is 1.56. The van der Waals surface area contributed by atoms with Gasteiger partial charge >= 0.3 is 0 Å². The lowest BCUT2D eigenvalue weighted by molar-refractivity contribution is -0.138. The van der Waals surface area contributed by atoms with E-state index in [9.17, 15) is 14.4 Å². The highest BCUT2D eigenvalue weighted by atomic mass is 32.1. The molecule has 1 aromatic carbocycles. The Morgan fingerprint density at radius 1 is 1.07 bits per heavy atom. The number of piperazine rings is 1. The summed E-state index contributed by atoms with van der Waals surface area (Å²) in [4.78, 5) is 45.7. The van der Waals surface area contributed by atoms with E-state index in [2.05, 4.69) is 22.0 Å².